The van der Waals surface area contributed by atoms with E-state index < -0.39 is 20.2 Å². The van der Waals surface area contributed by atoms with Gasteiger partial charge in [0.25, 0.3) is 20.2 Å². The van der Waals surface area contributed by atoms with E-state index in [1.165, 1.54) is 0 Å². The molecule has 0 saturated carbocycles. The average molecular weight is 350 g/mol. The minimum atomic E-state index is -3.82. The zero-order chi connectivity index (χ0) is 14.1. The SMILES string of the molecule is O=S(=O)(O)CCCCCCCCCCS(=O)(=O)O.[NaH].[NaH]. The molecule has 0 aromatic carbocycles. The Morgan fingerprint density at radius 2 is 0.700 bits per heavy atom. The van der Waals surface area contributed by atoms with E-state index in [1.807, 2.05) is 0 Å². The molecule has 0 aromatic heterocycles. The van der Waals surface area contributed by atoms with Crippen molar-refractivity contribution in [3.8, 4) is 0 Å². The van der Waals surface area contributed by atoms with Crippen molar-refractivity contribution in [2.45, 2.75) is 51.4 Å². The van der Waals surface area contributed by atoms with Crippen molar-refractivity contribution in [3.05, 3.63) is 0 Å². The minimum absolute atomic E-state index is 0. The van der Waals surface area contributed by atoms with Crippen molar-refractivity contribution < 1.29 is 25.9 Å². The van der Waals surface area contributed by atoms with Gasteiger partial charge in [0, 0.05) is 0 Å². The molecule has 0 amide bonds. The second kappa shape index (κ2) is 14.4. The Kier molecular flexibility index (Phi) is 19.2. The summed E-state index contributed by atoms with van der Waals surface area (Å²) in [5, 5.41) is 0. The zero-order valence-electron chi connectivity index (χ0n) is 10.4. The van der Waals surface area contributed by atoms with Crippen LogP contribution in [0.4, 0.5) is 0 Å². The maximum atomic E-state index is 10.4. The van der Waals surface area contributed by atoms with Gasteiger partial charge in [0.15, 0.2) is 0 Å². The third-order valence-corrected chi connectivity index (χ3v) is 4.16. The summed E-state index contributed by atoms with van der Waals surface area (Å²) >= 11 is 0. The first-order valence-electron chi connectivity index (χ1n) is 6.11. The summed E-state index contributed by atoms with van der Waals surface area (Å²) in [6.07, 6.45) is 6.25. The van der Waals surface area contributed by atoms with E-state index in [0.717, 1.165) is 38.5 Å². The first-order valence-corrected chi connectivity index (χ1v) is 9.33. The van der Waals surface area contributed by atoms with E-state index in [9.17, 15) is 16.8 Å². The molecule has 0 rings (SSSR count). The van der Waals surface area contributed by atoms with Gasteiger partial charge < -0.3 is 0 Å². The van der Waals surface area contributed by atoms with Gasteiger partial charge in [-0.1, -0.05) is 38.5 Å². The van der Waals surface area contributed by atoms with Crippen LogP contribution in [0.2, 0.25) is 0 Å². The van der Waals surface area contributed by atoms with Crippen molar-refractivity contribution in [2.75, 3.05) is 11.5 Å². The van der Waals surface area contributed by atoms with Crippen LogP contribution in [0.5, 0.6) is 0 Å². The fraction of sp³-hybridized carbons (Fsp3) is 1.00. The van der Waals surface area contributed by atoms with E-state index >= 15 is 0 Å². The molecule has 0 aliphatic carbocycles. The summed E-state index contributed by atoms with van der Waals surface area (Å²) in [5.41, 5.74) is 0. The molecule has 0 heterocycles. The molecule has 20 heavy (non-hydrogen) atoms. The number of hydrogen-bond acceptors (Lipinski definition) is 4. The van der Waals surface area contributed by atoms with Crippen LogP contribution in [0.15, 0.2) is 0 Å². The van der Waals surface area contributed by atoms with Crippen molar-refractivity contribution >= 4 is 79.4 Å². The third-order valence-electron chi connectivity index (χ3n) is 2.55. The molecule has 0 aliphatic heterocycles. The number of hydrogen-bond donors (Lipinski definition) is 2. The Labute approximate surface area is 166 Å². The topological polar surface area (TPSA) is 109 Å². The summed E-state index contributed by atoms with van der Waals surface area (Å²) in [6.45, 7) is 0. The molecule has 0 aliphatic rings. The second-order valence-electron chi connectivity index (χ2n) is 4.40. The van der Waals surface area contributed by atoms with Crippen LogP contribution in [0.3, 0.4) is 0 Å². The van der Waals surface area contributed by atoms with Crippen LogP contribution in [0.1, 0.15) is 51.4 Å². The van der Waals surface area contributed by atoms with Gasteiger partial charge in [-0.25, -0.2) is 0 Å². The van der Waals surface area contributed by atoms with Crippen LogP contribution in [-0.2, 0) is 20.2 Å². The zero-order valence-corrected chi connectivity index (χ0v) is 12.0. The average Bonchev–Trinajstić information content (AvgIpc) is 2.17. The Bertz CT molecular complexity index is 367. The Balaban J connectivity index is -0.00000144. The van der Waals surface area contributed by atoms with E-state index in [0.29, 0.717) is 12.8 Å². The standard InChI is InChI=1S/C10H22O6S2.2Na.2H/c11-17(12,13)9-7-5-3-1-2-4-6-8-10-18(14,15)16;;;;/h1-10H2,(H,11,12,13)(H,14,15,16);;;;. The van der Waals surface area contributed by atoms with Crippen LogP contribution in [0, 0.1) is 0 Å². The molecule has 0 unspecified atom stereocenters. The van der Waals surface area contributed by atoms with Gasteiger partial charge in [0.1, 0.15) is 0 Å². The van der Waals surface area contributed by atoms with Gasteiger partial charge in [0.05, 0.1) is 11.5 Å². The molecule has 10 heteroatoms. The molecule has 114 valence electrons. The first kappa shape index (κ1) is 26.7. The van der Waals surface area contributed by atoms with Crippen molar-refractivity contribution in [3.63, 3.8) is 0 Å². The molecule has 0 saturated heterocycles. The third kappa shape index (κ3) is 24.8. The van der Waals surface area contributed by atoms with Crippen molar-refractivity contribution in [2.24, 2.45) is 0 Å². The Hall–Kier alpha value is 1.82. The van der Waals surface area contributed by atoms with Gasteiger partial charge in [0.2, 0.25) is 0 Å². The van der Waals surface area contributed by atoms with Gasteiger partial charge in [-0.2, -0.15) is 16.8 Å². The summed E-state index contributed by atoms with van der Waals surface area (Å²) < 4.78 is 58.6. The van der Waals surface area contributed by atoms with Crippen molar-refractivity contribution in [1.29, 1.82) is 0 Å². The van der Waals surface area contributed by atoms with E-state index in [2.05, 4.69) is 0 Å². The van der Waals surface area contributed by atoms with Crippen LogP contribution in [0.25, 0.3) is 0 Å². The molecule has 2 N–H and O–H groups in total. The quantitative estimate of drug-likeness (QED) is 0.321. The van der Waals surface area contributed by atoms with Crippen LogP contribution >= 0.6 is 0 Å². The summed E-state index contributed by atoms with van der Waals surface area (Å²) in [5.74, 6) is -0.358. The van der Waals surface area contributed by atoms with Gasteiger partial charge in [-0.15, -0.1) is 0 Å². The molecule has 0 aromatic rings. The second-order valence-corrected chi connectivity index (χ2v) is 7.54. The summed E-state index contributed by atoms with van der Waals surface area (Å²) in [7, 11) is -7.65. The van der Waals surface area contributed by atoms with E-state index in [1.54, 1.807) is 0 Å². The fourth-order valence-electron chi connectivity index (χ4n) is 1.63. The normalized spacial score (nSPS) is 11.5. The molecule has 6 nitrogen and oxygen atoms in total. The molecular weight excluding hydrogens is 326 g/mol. The summed E-state index contributed by atoms with van der Waals surface area (Å²) in [6, 6.07) is 0. The predicted octanol–water partition coefficient (Wildman–Crippen LogP) is 0.586. The van der Waals surface area contributed by atoms with Crippen molar-refractivity contribution in [1.82, 2.24) is 0 Å². The monoisotopic (exact) mass is 350 g/mol. The number of unbranched alkanes of at least 4 members (excludes halogenated alkanes) is 7. The predicted molar refractivity (Wildman–Crippen MR) is 84.1 cm³/mol. The molecule has 0 radical (unpaired) electrons. The van der Waals surface area contributed by atoms with Gasteiger partial charge in [-0.05, 0) is 12.8 Å². The Morgan fingerprint density at radius 1 is 0.500 bits per heavy atom. The van der Waals surface area contributed by atoms with Crippen LogP contribution < -0.4 is 0 Å². The molecular formula is C10H24Na2O6S2. The Morgan fingerprint density at radius 3 is 0.900 bits per heavy atom. The first-order chi connectivity index (χ1) is 8.21. The van der Waals surface area contributed by atoms with E-state index in [-0.39, 0.29) is 70.6 Å². The molecule has 0 bridgehead atoms. The number of rotatable bonds is 11. The molecule has 0 fully saturated rings. The fourth-order valence-corrected chi connectivity index (χ4v) is 2.77. The summed E-state index contributed by atoms with van der Waals surface area (Å²) in [4.78, 5) is 0. The molecule has 0 atom stereocenters. The van der Waals surface area contributed by atoms with Gasteiger partial charge >= 0.3 is 59.1 Å². The van der Waals surface area contributed by atoms with Crippen LogP contribution in [-0.4, -0.2) is 96.6 Å². The van der Waals surface area contributed by atoms with Gasteiger partial charge in [-0.3, -0.25) is 9.11 Å². The maximum absolute atomic E-state index is 10.4. The molecule has 0 spiro atoms. The van der Waals surface area contributed by atoms with E-state index in [4.69, 9.17) is 9.11 Å².